The molecule has 196 valence electrons. The standard InChI is InChI=1S/C32H33FNO3P/c33-26-14-15-28(25(18-26)21-34-16-8-3-9-17-34)38-29-20-24(30(35)22-10-4-1-5-11-22)19-27(32(29)37)31(36)23-12-6-2-7-13-23/h1-2,4-7,10-15,18-20,30-31,35-38H,3,8-9,16-17,21H2. The largest absolute Gasteiger partial charge is 0.507 e. The normalized spacial score (nSPS) is 16.1. The van der Waals surface area contributed by atoms with Crippen LogP contribution in [0.15, 0.2) is 91.0 Å². The van der Waals surface area contributed by atoms with Gasteiger partial charge in [0.25, 0.3) is 0 Å². The number of nitrogens with zero attached hydrogens (tertiary/aromatic N) is 1. The molecule has 0 aromatic heterocycles. The van der Waals surface area contributed by atoms with Crippen molar-refractivity contribution in [1.82, 2.24) is 4.90 Å². The topological polar surface area (TPSA) is 63.9 Å². The molecule has 4 aromatic rings. The number of likely N-dealkylation sites (tertiary alicyclic amines) is 1. The summed E-state index contributed by atoms with van der Waals surface area (Å²) in [5.41, 5.74) is 3.20. The van der Waals surface area contributed by atoms with Crippen LogP contribution in [0.5, 0.6) is 5.75 Å². The van der Waals surface area contributed by atoms with E-state index in [0.717, 1.165) is 42.4 Å². The van der Waals surface area contributed by atoms with Gasteiger partial charge in [0.15, 0.2) is 0 Å². The van der Waals surface area contributed by atoms with Crippen LogP contribution in [0.2, 0.25) is 0 Å². The van der Waals surface area contributed by atoms with Crippen LogP contribution < -0.4 is 10.6 Å². The maximum absolute atomic E-state index is 14.3. The Bertz CT molecular complexity index is 1360. The summed E-state index contributed by atoms with van der Waals surface area (Å²) in [4.78, 5) is 2.35. The summed E-state index contributed by atoms with van der Waals surface area (Å²) in [6.45, 7) is 2.65. The van der Waals surface area contributed by atoms with E-state index in [1.807, 2.05) is 60.7 Å². The van der Waals surface area contributed by atoms with Crippen LogP contribution in [0.4, 0.5) is 4.39 Å². The third-order valence-electron chi connectivity index (χ3n) is 7.18. The van der Waals surface area contributed by atoms with Crippen molar-refractivity contribution in [3.8, 4) is 5.75 Å². The molecule has 1 heterocycles. The van der Waals surface area contributed by atoms with Crippen molar-refractivity contribution < 1.29 is 19.7 Å². The molecule has 0 spiro atoms. The van der Waals surface area contributed by atoms with Crippen LogP contribution in [-0.2, 0) is 6.54 Å². The average molecular weight is 530 g/mol. The van der Waals surface area contributed by atoms with E-state index < -0.39 is 12.2 Å². The summed E-state index contributed by atoms with van der Waals surface area (Å²) >= 11 is 0. The van der Waals surface area contributed by atoms with Gasteiger partial charge in [-0.1, -0.05) is 81.7 Å². The van der Waals surface area contributed by atoms with Gasteiger partial charge in [-0.15, -0.1) is 0 Å². The summed E-state index contributed by atoms with van der Waals surface area (Å²) in [5.74, 6) is -0.278. The van der Waals surface area contributed by atoms with Gasteiger partial charge in [-0.05, 0) is 77.8 Å². The number of phenolic OH excluding ortho intramolecular Hbond substituents is 1. The second-order valence-electron chi connectivity index (χ2n) is 9.90. The zero-order chi connectivity index (χ0) is 26.5. The summed E-state index contributed by atoms with van der Waals surface area (Å²) < 4.78 is 14.3. The molecular weight excluding hydrogens is 496 g/mol. The molecule has 1 aliphatic rings. The van der Waals surface area contributed by atoms with Gasteiger partial charge in [-0.2, -0.15) is 0 Å². The SMILES string of the molecule is Oc1c(Pc2ccc(F)cc2CN2CCCCC2)cc(C(O)c2ccccc2)cc1C(O)c1ccccc1. The van der Waals surface area contributed by atoms with E-state index in [1.165, 1.54) is 12.5 Å². The van der Waals surface area contributed by atoms with Gasteiger partial charge in [0.05, 0.1) is 0 Å². The van der Waals surface area contributed by atoms with Crippen molar-refractivity contribution in [1.29, 1.82) is 0 Å². The third-order valence-corrected chi connectivity index (χ3v) is 8.59. The first-order valence-electron chi connectivity index (χ1n) is 13.1. The quantitative estimate of drug-likeness (QED) is 0.271. The van der Waals surface area contributed by atoms with Gasteiger partial charge in [0, 0.05) is 17.4 Å². The number of aromatic hydroxyl groups is 1. The Balaban J connectivity index is 1.55. The molecule has 1 aliphatic heterocycles. The zero-order valence-electron chi connectivity index (χ0n) is 21.2. The van der Waals surface area contributed by atoms with Crippen molar-refractivity contribution in [3.05, 3.63) is 125 Å². The highest BCUT2D eigenvalue weighted by molar-refractivity contribution is 7.55. The van der Waals surface area contributed by atoms with E-state index in [4.69, 9.17) is 0 Å². The number of hydrogen-bond acceptors (Lipinski definition) is 4. The van der Waals surface area contributed by atoms with Crippen LogP contribution in [0.1, 0.15) is 59.3 Å². The molecule has 38 heavy (non-hydrogen) atoms. The van der Waals surface area contributed by atoms with Gasteiger partial charge < -0.3 is 15.3 Å². The fourth-order valence-electron chi connectivity index (χ4n) is 5.10. The Morgan fingerprint density at radius 3 is 2.00 bits per heavy atom. The summed E-state index contributed by atoms with van der Waals surface area (Å²) in [6.07, 6.45) is 1.53. The van der Waals surface area contributed by atoms with E-state index in [0.29, 0.717) is 28.5 Å². The summed E-state index contributed by atoms with van der Waals surface area (Å²) in [7, 11) is 0.0198. The fourth-order valence-corrected chi connectivity index (χ4v) is 6.37. The molecule has 6 heteroatoms. The first-order valence-corrected chi connectivity index (χ1v) is 14.1. The van der Waals surface area contributed by atoms with Crippen molar-refractivity contribution in [2.75, 3.05) is 13.1 Å². The van der Waals surface area contributed by atoms with Crippen molar-refractivity contribution >= 4 is 19.2 Å². The molecule has 0 amide bonds. The van der Waals surface area contributed by atoms with Crippen LogP contribution in [0.25, 0.3) is 0 Å². The molecule has 4 nitrogen and oxygen atoms in total. The third kappa shape index (κ3) is 6.14. The molecular formula is C32H33FNO3P. The van der Waals surface area contributed by atoms with Gasteiger partial charge >= 0.3 is 0 Å². The first-order chi connectivity index (χ1) is 18.5. The molecule has 0 bridgehead atoms. The molecule has 1 saturated heterocycles. The van der Waals surface area contributed by atoms with E-state index in [9.17, 15) is 19.7 Å². The smallest absolute Gasteiger partial charge is 0.129 e. The number of phenols is 1. The average Bonchev–Trinajstić information content (AvgIpc) is 2.96. The highest BCUT2D eigenvalue weighted by Crippen LogP contribution is 2.35. The number of hydrogen-bond donors (Lipinski definition) is 3. The second-order valence-corrected chi connectivity index (χ2v) is 11.2. The predicted molar refractivity (Wildman–Crippen MR) is 152 cm³/mol. The molecule has 0 radical (unpaired) electrons. The number of halogens is 1. The van der Waals surface area contributed by atoms with E-state index >= 15 is 0 Å². The highest BCUT2D eigenvalue weighted by Gasteiger charge is 2.23. The second kappa shape index (κ2) is 12.2. The van der Waals surface area contributed by atoms with Gasteiger partial charge in [-0.3, -0.25) is 4.90 Å². The van der Waals surface area contributed by atoms with Gasteiger partial charge in [0.1, 0.15) is 23.8 Å². The van der Waals surface area contributed by atoms with Crippen LogP contribution >= 0.6 is 8.58 Å². The highest BCUT2D eigenvalue weighted by atomic mass is 31.1. The Hall–Kier alpha value is -3.08. The monoisotopic (exact) mass is 529 g/mol. The molecule has 0 aliphatic carbocycles. The van der Waals surface area contributed by atoms with E-state index in [2.05, 4.69) is 4.90 Å². The molecule has 3 N–H and O–H groups in total. The van der Waals surface area contributed by atoms with Crippen molar-refractivity contribution in [2.24, 2.45) is 0 Å². The molecule has 3 unspecified atom stereocenters. The lowest BCUT2D eigenvalue weighted by molar-refractivity contribution is 0.210. The molecule has 0 saturated carbocycles. The number of benzene rings is 4. The fraction of sp³-hybridized carbons (Fsp3) is 0.250. The van der Waals surface area contributed by atoms with Crippen LogP contribution in [-0.4, -0.2) is 33.3 Å². The van der Waals surface area contributed by atoms with Crippen LogP contribution in [0.3, 0.4) is 0 Å². The van der Waals surface area contributed by atoms with Gasteiger partial charge in [0.2, 0.25) is 0 Å². The summed E-state index contributed by atoms with van der Waals surface area (Å²) in [6, 6.07) is 26.8. The van der Waals surface area contributed by atoms with E-state index in [1.54, 1.807) is 24.3 Å². The minimum atomic E-state index is -1.07. The molecule has 4 aromatic carbocycles. The molecule has 5 rings (SSSR count). The predicted octanol–water partition coefficient (Wildman–Crippen LogP) is 5.31. The number of aliphatic hydroxyl groups is 2. The van der Waals surface area contributed by atoms with Crippen molar-refractivity contribution in [3.63, 3.8) is 0 Å². The number of aliphatic hydroxyl groups excluding tert-OH is 2. The van der Waals surface area contributed by atoms with Crippen molar-refractivity contribution in [2.45, 2.75) is 38.0 Å². The number of piperidine rings is 1. The summed E-state index contributed by atoms with van der Waals surface area (Å²) in [5, 5.41) is 35.4. The van der Waals surface area contributed by atoms with E-state index in [-0.39, 0.29) is 20.1 Å². The van der Waals surface area contributed by atoms with Gasteiger partial charge in [-0.25, -0.2) is 4.39 Å². The lowest BCUT2D eigenvalue weighted by atomic mass is 9.95. The number of rotatable bonds is 8. The lowest BCUT2D eigenvalue weighted by Crippen LogP contribution is -2.30. The molecule has 3 atom stereocenters. The minimum absolute atomic E-state index is 0.00283. The Morgan fingerprint density at radius 1 is 0.711 bits per heavy atom. The maximum Gasteiger partial charge on any atom is 0.129 e. The zero-order valence-corrected chi connectivity index (χ0v) is 22.2. The molecule has 1 fully saturated rings. The maximum atomic E-state index is 14.3. The Morgan fingerprint density at radius 2 is 1.34 bits per heavy atom. The Labute approximate surface area is 225 Å². The first kappa shape index (κ1) is 26.5. The lowest BCUT2D eigenvalue weighted by Gasteiger charge is -2.27. The Kier molecular flexibility index (Phi) is 8.51. The minimum Gasteiger partial charge on any atom is -0.507 e. The van der Waals surface area contributed by atoms with Crippen LogP contribution in [0, 0.1) is 5.82 Å².